The number of halogens is 1. The van der Waals surface area contributed by atoms with E-state index >= 15 is 0 Å². The molecule has 44 heavy (non-hydrogen) atoms. The molecule has 0 unspecified atom stereocenters. The minimum atomic E-state index is -3.79. The third kappa shape index (κ3) is 5.41. The van der Waals surface area contributed by atoms with Crippen molar-refractivity contribution in [1.29, 1.82) is 0 Å². The van der Waals surface area contributed by atoms with Gasteiger partial charge in [-0.3, -0.25) is 0 Å². The molecule has 1 aliphatic heterocycles. The van der Waals surface area contributed by atoms with Gasteiger partial charge >= 0.3 is 6.09 Å². The molecule has 3 aromatic carbocycles. The molecule has 0 spiro atoms. The molecule has 0 bridgehead atoms. The lowest BCUT2D eigenvalue weighted by atomic mass is 9.79. The first-order valence-corrected chi connectivity index (χ1v) is 16.6. The van der Waals surface area contributed by atoms with Gasteiger partial charge in [0.15, 0.2) is 0 Å². The maximum atomic E-state index is 14.9. The van der Waals surface area contributed by atoms with Crippen LogP contribution in [0.5, 0.6) is 5.75 Å². The minimum absolute atomic E-state index is 0.0962. The Bertz CT molecular complexity index is 1810. The lowest BCUT2D eigenvalue weighted by Gasteiger charge is -2.34. The molecule has 1 saturated heterocycles. The number of methoxy groups -OCH3 is 1. The molecular weight excluding hydrogens is 579 g/mol. The fraction of sp³-hybridized carbons (Fsp3) is 0.400. The molecule has 2 aliphatic rings. The maximum Gasteiger partial charge on any atom is 0.419 e. The molecule has 0 amide bonds. The summed E-state index contributed by atoms with van der Waals surface area (Å²) < 4.78 is 57.5. The SMILES string of the molecule is COc1ccc([C@H]2c3c(c4cc(F)ccc4n3C(=O)OC(C)(C)C)[C@@H]3CCCCN(S(=O)(=O)c4ccc(C)cc4)C[C@H]23)cc1. The summed E-state index contributed by atoms with van der Waals surface area (Å²) in [4.78, 5) is 14.2. The Kier molecular flexibility index (Phi) is 7.82. The number of carbonyl (C=O) groups excluding carboxylic acids is 1. The van der Waals surface area contributed by atoms with Gasteiger partial charge in [0, 0.05) is 30.1 Å². The number of hydrogen-bond acceptors (Lipinski definition) is 5. The summed E-state index contributed by atoms with van der Waals surface area (Å²) in [5.41, 5.74) is 3.41. The van der Waals surface area contributed by atoms with Crippen molar-refractivity contribution in [3.05, 3.63) is 94.9 Å². The van der Waals surface area contributed by atoms with Gasteiger partial charge in [0.05, 0.1) is 17.5 Å². The quantitative estimate of drug-likeness (QED) is 0.235. The van der Waals surface area contributed by atoms with Crippen LogP contribution in [0.25, 0.3) is 10.9 Å². The molecule has 0 N–H and O–H groups in total. The van der Waals surface area contributed by atoms with E-state index < -0.39 is 21.7 Å². The Morgan fingerprint density at radius 3 is 2.34 bits per heavy atom. The van der Waals surface area contributed by atoms with Crippen LogP contribution < -0.4 is 4.74 Å². The van der Waals surface area contributed by atoms with Crippen LogP contribution in [0.3, 0.4) is 0 Å². The van der Waals surface area contributed by atoms with Crippen molar-refractivity contribution < 1.29 is 27.1 Å². The van der Waals surface area contributed by atoms with Gasteiger partial charge in [-0.15, -0.1) is 0 Å². The van der Waals surface area contributed by atoms with Crippen LogP contribution >= 0.6 is 0 Å². The van der Waals surface area contributed by atoms with E-state index in [0.29, 0.717) is 29.6 Å². The zero-order chi connectivity index (χ0) is 31.4. The topological polar surface area (TPSA) is 77.8 Å². The number of rotatable bonds is 4. The molecule has 9 heteroatoms. The highest BCUT2D eigenvalue weighted by molar-refractivity contribution is 7.89. The van der Waals surface area contributed by atoms with Gasteiger partial charge in [-0.05, 0) is 106 Å². The van der Waals surface area contributed by atoms with Gasteiger partial charge in [0.2, 0.25) is 10.0 Å². The van der Waals surface area contributed by atoms with Crippen molar-refractivity contribution in [2.75, 3.05) is 20.2 Å². The third-order valence-corrected chi connectivity index (χ3v) is 10.8. The highest BCUT2D eigenvalue weighted by atomic mass is 32.2. The summed E-state index contributed by atoms with van der Waals surface area (Å²) in [5, 5.41) is 0.672. The van der Waals surface area contributed by atoms with Gasteiger partial charge in [0.25, 0.3) is 0 Å². The van der Waals surface area contributed by atoms with Crippen molar-refractivity contribution in [2.45, 2.75) is 69.3 Å². The molecular formula is C35H39FN2O5S. The Labute approximate surface area is 258 Å². The van der Waals surface area contributed by atoms with E-state index in [0.717, 1.165) is 35.2 Å². The molecule has 6 rings (SSSR count). The van der Waals surface area contributed by atoms with Gasteiger partial charge in [-0.1, -0.05) is 36.2 Å². The van der Waals surface area contributed by atoms with Crippen LogP contribution in [0.1, 0.15) is 74.3 Å². The van der Waals surface area contributed by atoms with E-state index in [1.54, 1.807) is 34.2 Å². The molecule has 0 radical (unpaired) electrons. The monoisotopic (exact) mass is 618 g/mol. The first-order chi connectivity index (χ1) is 20.9. The number of aryl methyl sites for hydroxylation is 1. The van der Waals surface area contributed by atoms with Crippen LogP contribution in [0, 0.1) is 18.7 Å². The van der Waals surface area contributed by atoms with Crippen LogP contribution in [0.15, 0.2) is 71.6 Å². The molecule has 7 nitrogen and oxygen atoms in total. The fourth-order valence-corrected chi connectivity index (χ4v) is 8.54. The van der Waals surface area contributed by atoms with Crippen LogP contribution in [-0.2, 0) is 14.8 Å². The zero-order valence-corrected chi connectivity index (χ0v) is 26.7. The first-order valence-electron chi connectivity index (χ1n) is 15.2. The lowest BCUT2D eigenvalue weighted by molar-refractivity contribution is 0.0538. The van der Waals surface area contributed by atoms with E-state index in [-0.39, 0.29) is 35.0 Å². The van der Waals surface area contributed by atoms with E-state index in [1.165, 1.54) is 12.1 Å². The molecule has 4 aromatic rings. The summed E-state index contributed by atoms with van der Waals surface area (Å²) >= 11 is 0. The van der Waals surface area contributed by atoms with Gasteiger partial charge < -0.3 is 9.47 Å². The highest BCUT2D eigenvalue weighted by Gasteiger charge is 2.48. The van der Waals surface area contributed by atoms with Crippen LogP contribution in [-0.4, -0.2) is 49.2 Å². The Morgan fingerprint density at radius 1 is 0.977 bits per heavy atom. The number of benzene rings is 3. The molecule has 1 aromatic heterocycles. The van der Waals surface area contributed by atoms with Crippen molar-refractivity contribution >= 4 is 27.0 Å². The summed E-state index contributed by atoms with van der Waals surface area (Å²) in [6, 6.07) is 19.2. The summed E-state index contributed by atoms with van der Waals surface area (Å²) in [5.74, 6) is -0.339. The number of carbonyl (C=O) groups is 1. The second-order valence-electron chi connectivity index (χ2n) is 13.0. The predicted molar refractivity (Wildman–Crippen MR) is 168 cm³/mol. The summed E-state index contributed by atoms with van der Waals surface area (Å²) in [6.07, 6.45) is 1.76. The number of aromatic nitrogens is 1. The van der Waals surface area contributed by atoms with Gasteiger partial charge in [-0.25, -0.2) is 22.2 Å². The zero-order valence-electron chi connectivity index (χ0n) is 25.8. The molecule has 1 aliphatic carbocycles. The van der Waals surface area contributed by atoms with Crippen LogP contribution in [0.4, 0.5) is 9.18 Å². The molecule has 2 heterocycles. The molecule has 3 atom stereocenters. The lowest BCUT2D eigenvalue weighted by Crippen LogP contribution is -2.40. The first kappa shape index (κ1) is 30.3. The summed E-state index contributed by atoms with van der Waals surface area (Å²) in [7, 11) is -2.18. The van der Waals surface area contributed by atoms with Gasteiger partial charge in [-0.2, -0.15) is 4.31 Å². The average molecular weight is 619 g/mol. The Balaban J connectivity index is 1.56. The smallest absolute Gasteiger partial charge is 0.419 e. The van der Waals surface area contributed by atoms with E-state index in [1.807, 2.05) is 64.1 Å². The van der Waals surface area contributed by atoms with E-state index in [2.05, 4.69) is 0 Å². The number of nitrogens with zero attached hydrogens (tertiary/aromatic N) is 2. The van der Waals surface area contributed by atoms with E-state index in [9.17, 15) is 17.6 Å². The second-order valence-corrected chi connectivity index (χ2v) is 14.9. The Hall–Kier alpha value is -3.69. The van der Waals surface area contributed by atoms with Crippen LogP contribution in [0.2, 0.25) is 0 Å². The number of sulfonamides is 1. The predicted octanol–water partition coefficient (Wildman–Crippen LogP) is 7.60. The maximum absolute atomic E-state index is 14.9. The number of ether oxygens (including phenoxy) is 2. The molecule has 232 valence electrons. The Morgan fingerprint density at radius 2 is 1.68 bits per heavy atom. The average Bonchev–Trinajstić information content (AvgIpc) is 3.43. The number of hydrogen-bond donors (Lipinski definition) is 0. The van der Waals surface area contributed by atoms with Crippen molar-refractivity contribution in [1.82, 2.24) is 8.87 Å². The third-order valence-electron chi connectivity index (χ3n) is 8.91. The van der Waals surface area contributed by atoms with E-state index in [4.69, 9.17) is 9.47 Å². The fourth-order valence-electron chi connectivity index (χ4n) is 7.02. The second kappa shape index (κ2) is 11.3. The van der Waals surface area contributed by atoms with Gasteiger partial charge in [0.1, 0.15) is 17.2 Å². The molecule has 0 saturated carbocycles. The minimum Gasteiger partial charge on any atom is -0.497 e. The normalized spacial score (nSPS) is 20.9. The van der Waals surface area contributed by atoms with Crippen molar-refractivity contribution in [3.8, 4) is 5.75 Å². The summed E-state index contributed by atoms with van der Waals surface area (Å²) in [6.45, 7) is 8.05. The highest BCUT2D eigenvalue weighted by Crippen LogP contribution is 2.56. The van der Waals surface area contributed by atoms with Crippen molar-refractivity contribution in [2.24, 2.45) is 5.92 Å². The molecule has 1 fully saturated rings. The number of fused-ring (bicyclic) bond motifs is 5. The standard InChI is InChI=1S/C35H39FN2O5S/c1-22-9-16-26(17-10-22)44(40,41)37-19-7-6-8-27-29(21-37)31(23-11-14-25(42-5)15-12-23)33-32(27)28-20-24(36)13-18-30(28)38(33)34(39)43-35(2,3)4/h9-18,20,27,29,31H,6-8,19,21H2,1-5H3/t27-,29+,31-/m1/s1. The van der Waals surface area contributed by atoms with Crippen molar-refractivity contribution in [3.63, 3.8) is 0 Å². The largest absolute Gasteiger partial charge is 0.497 e.